The predicted molar refractivity (Wildman–Crippen MR) is 140 cm³/mol. The molecule has 0 unspecified atom stereocenters. The lowest BCUT2D eigenvalue weighted by Crippen LogP contribution is -2.30. The van der Waals surface area contributed by atoms with Crippen LogP contribution >= 0.6 is 0 Å². The van der Waals surface area contributed by atoms with Gasteiger partial charge in [-0.3, -0.25) is 19.0 Å². The van der Waals surface area contributed by atoms with Crippen LogP contribution in [0, 0.1) is 20.8 Å². The van der Waals surface area contributed by atoms with Crippen LogP contribution in [0.25, 0.3) is 22.3 Å². The smallest absolute Gasteiger partial charge is 0.278 e. The van der Waals surface area contributed by atoms with E-state index in [-0.39, 0.29) is 24.1 Å². The molecule has 178 valence electrons. The Kier molecular flexibility index (Phi) is 6.78. The molecule has 0 aliphatic heterocycles. The lowest BCUT2D eigenvalue weighted by atomic mass is 10.1. The lowest BCUT2D eigenvalue weighted by molar-refractivity contribution is -0.117. The number of para-hydroxylation sites is 2. The average molecular weight is 469 g/mol. The van der Waals surface area contributed by atoms with Gasteiger partial charge in [0.25, 0.3) is 5.56 Å². The highest BCUT2D eigenvalue weighted by Gasteiger charge is 2.19. The van der Waals surface area contributed by atoms with E-state index in [0.717, 1.165) is 16.7 Å². The van der Waals surface area contributed by atoms with Crippen molar-refractivity contribution in [1.29, 1.82) is 0 Å². The third-order valence-electron chi connectivity index (χ3n) is 5.84. The van der Waals surface area contributed by atoms with Gasteiger partial charge in [0.15, 0.2) is 0 Å². The molecule has 7 heteroatoms. The maximum absolute atomic E-state index is 13.7. The first-order chi connectivity index (χ1) is 16.8. The highest BCUT2D eigenvalue weighted by molar-refractivity contribution is 5.96. The summed E-state index contributed by atoms with van der Waals surface area (Å²) in [6, 6.07) is 18.5. The summed E-state index contributed by atoms with van der Waals surface area (Å²) in [5.41, 5.74) is 5.61. The summed E-state index contributed by atoms with van der Waals surface area (Å²) in [4.78, 5) is 43.5. The molecule has 3 aromatic carbocycles. The molecule has 4 rings (SSSR count). The van der Waals surface area contributed by atoms with Crippen molar-refractivity contribution in [3.05, 3.63) is 87.7 Å². The number of fused-ring (bicyclic) bond motifs is 1. The van der Waals surface area contributed by atoms with E-state index >= 15 is 0 Å². The fourth-order valence-electron chi connectivity index (χ4n) is 4.01. The molecule has 2 N–H and O–H groups in total. The highest BCUT2D eigenvalue weighted by Crippen LogP contribution is 2.27. The second-order valence-corrected chi connectivity index (χ2v) is 8.66. The Labute approximate surface area is 203 Å². The van der Waals surface area contributed by atoms with Gasteiger partial charge in [-0.15, -0.1) is 0 Å². The summed E-state index contributed by atoms with van der Waals surface area (Å²) in [6.07, 6.45) is 0.307. The van der Waals surface area contributed by atoms with Crippen LogP contribution in [0.5, 0.6) is 0 Å². The quantitative estimate of drug-likeness (QED) is 0.418. The summed E-state index contributed by atoms with van der Waals surface area (Å²) in [7, 11) is 0. The van der Waals surface area contributed by atoms with Crippen LogP contribution < -0.4 is 16.2 Å². The molecule has 1 heterocycles. The Balaban J connectivity index is 1.81. The molecule has 4 aromatic rings. The monoisotopic (exact) mass is 468 g/mol. The maximum Gasteiger partial charge on any atom is 0.278 e. The molecule has 0 bridgehead atoms. The topological polar surface area (TPSA) is 93.1 Å². The standard InChI is InChI=1S/C28H28N4O3/c1-5-25(33)30-22-13-11-18(3)15-20(22)27-28(35)32(24-9-7-6-8-23(24)31-27)16-26(34)29-21-12-10-17(2)14-19(21)4/h6-15H,5,16H2,1-4H3,(H,29,34)(H,30,33). The first-order valence-electron chi connectivity index (χ1n) is 11.5. The van der Waals surface area contributed by atoms with E-state index in [0.29, 0.717) is 34.4 Å². The molecule has 2 amide bonds. The first-order valence-corrected chi connectivity index (χ1v) is 11.5. The Hall–Kier alpha value is -4.26. The van der Waals surface area contributed by atoms with Crippen molar-refractivity contribution in [2.24, 2.45) is 0 Å². The van der Waals surface area contributed by atoms with Crippen molar-refractivity contribution in [1.82, 2.24) is 9.55 Å². The molecule has 0 fully saturated rings. The van der Waals surface area contributed by atoms with E-state index < -0.39 is 5.56 Å². The highest BCUT2D eigenvalue weighted by atomic mass is 16.2. The van der Waals surface area contributed by atoms with Crippen molar-refractivity contribution < 1.29 is 9.59 Å². The normalized spacial score (nSPS) is 10.9. The van der Waals surface area contributed by atoms with E-state index in [4.69, 9.17) is 0 Å². The van der Waals surface area contributed by atoms with Crippen molar-refractivity contribution >= 4 is 34.2 Å². The fourth-order valence-corrected chi connectivity index (χ4v) is 4.01. The number of carbonyl (C=O) groups is 2. The number of anilines is 2. The van der Waals surface area contributed by atoms with Crippen molar-refractivity contribution in [3.8, 4) is 11.3 Å². The van der Waals surface area contributed by atoms with Gasteiger partial charge < -0.3 is 10.6 Å². The Bertz CT molecular complexity index is 1500. The van der Waals surface area contributed by atoms with Gasteiger partial charge in [-0.1, -0.05) is 48.4 Å². The van der Waals surface area contributed by atoms with Crippen LogP contribution in [-0.4, -0.2) is 21.4 Å². The maximum atomic E-state index is 13.7. The minimum atomic E-state index is -0.405. The van der Waals surface area contributed by atoms with Crippen LogP contribution in [-0.2, 0) is 16.1 Å². The largest absolute Gasteiger partial charge is 0.325 e. The van der Waals surface area contributed by atoms with Gasteiger partial charge >= 0.3 is 0 Å². The van der Waals surface area contributed by atoms with Gasteiger partial charge in [-0.05, 0) is 56.7 Å². The van der Waals surface area contributed by atoms with Crippen LogP contribution in [0.3, 0.4) is 0 Å². The first kappa shape index (κ1) is 23.9. The Morgan fingerprint density at radius 1 is 0.857 bits per heavy atom. The molecule has 0 aliphatic carbocycles. The number of aryl methyl sites for hydroxylation is 3. The number of nitrogens with zero attached hydrogens (tertiary/aromatic N) is 2. The molecule has 0 radical (unpaired) electrons. The lowest BCUT2D eigenvalue weighted by Gasteiger charge is -2.16. The van der Waals surface area contributed by atoms with Crippen LogP contribution in [0.1, 0.15) is 30.0 Å². The average Bonchev–Trinajstić information content (AvgIpc) is 2.83. The van der Waals surface area contributed by atoms with E-state index in [1.165, 1.54) is 4.57 Å². The van der Waals surface area contributed by atoms with Crippen LogP contribution in [0.15, 0.2) is 65.5 Å². The summed E-state index contributed by atoms with van der Waals surface area (Å²) < 4.78 is 1.43. The molecule has 0 aliphatic rings. The third kappa shape index (κ3) is 5.14. The third-order valence-corrected chi connectivity index (χ3v) is 5.84. The summed E-state index contributed by atoms with van der Waals surface area (Å²) in [5, 5.41) is 5.77. The number of nitrogens with one attached hydrogen (secondary N) is 2. The number of hydrogen-bond donors (Lipinski definition) is 2. The molecular formula is C28H28N4O3. The van der Waals surface area contributed by atoms with E-state index in [1.54, 1.807) is 31.2 Å². The second kappa shape index (κ2) is 9.93. The van der Waals surface area contributed by atoms with E-state index in [9.17, 15) is 14.4 Å². The van der Waals surface area contributed by atoms with Gasteiger partial charge in [0.1, 0.15) is 12.2 Å². The van der Waals surface area contributed by atoms with Crippen molar-refractivity contribution in [3.63, 3.8) is 0 Å². The Morgan fingerprint density at radius 3 is 2.23 bits per heavy atom. The molecule has 7 nitrogen and oxygen atoms in total. The summed E-state index contributed by atoms with van der Waals surface area (Å²) >= 11 is 0. The molecule has 0 saturated heterocycles. The molecule has 0 saturated carbocycles. The zero-order valence-corrected chi connectivity index (χ0v) is 20.3. The second-order valence-electron chi connectivity index (χ2n) is 8.66. The predicted octanol–water partition coefficient (Wildman–Crippen LogP) is 4.98. The summed E-state index contributed by atoms with van der Waals surface area (Å²) in [5.74, 6) is -0.478. The molecular weight excluding hydrogens is 440 g/mol. The van der Waals surface area contributed by atoms with Gasteiger partial charge in [0.05, 0.1) is 16.7 Å². The number of aromatic nitrogens is 2. The number of hydrogen-bond acceptors (Lipinski definition) is 4. The Morgan fingerprint density at radius 2 is 1.51 bits per heavy atom. The van der Waals surface area contributed by atoms with Gasteiger partial charge in [0, 0.05) is 17.7 Å². The fraction of sp³-hybridized carbons (Fsp3) is 0.214. The molecule has 35 heavy (non-hydrogen) atoms. The van der Waals surface area contributed by atoms with Gasteiger partial charge in [0.2, 0.25) is 11.8 Å². The number of amides is 2. The van der Waals surface area contributed by atoms with Crippen LogP contribution in [0.2, 0.25) is 0 Å². The van der Waals surface area contributed by atoms with Gasteiger partial charge in [-0.25, -0.2) is 4.98 Å². The van der Waals surface area contributed by atoms with Crippen LogP contribution in [0.4, 0.5) is 11.4 Å². The van der Waals surface area contributed by atoms with Gasteiger partial charge in [-0.2, -0.15) is 0 Å². The zero-order valence-electron chi connectivity index (χ0n) is 20.3. The molecule has 0 atom stereocenters. The zero-order chi connectivity index (χ0) is 25.1. The molecule has 1 aromatic heterocycles. The van der Waals surface area contributed by atoms with E-state index in [1.807, 2.05) is 57.2 Å². The minimum Gasteiger partial charge on any atom is -0.325 e. The van der Waals surface area contributed by atoms with Crippen molar-refractivity contribution in [2.45, 2.75) is 40.7 Å². The van der Waals surface area contributed by atoms with Crippen molar-refractivity contribution in [2.75, 3.05) is 10.6 Å². The number of benzene rings is 3. The van der Waals surface area contributed by atoms with E-state index in [2.05, 4.69) is 15.6 Å². The molecule has 0 spiro atoms. The number of rotatable bonds is 6. The minimum absolute atomic E-state index is 0.163. The summed E-state index contributed by atoms with van der Waals surface area (Å²) in [6.45, 7) is 7.42. The number of carbonyl (C=O) groups excluding carboxylic acids is 2. The SMILES string of the molecule is CCC(=O)Nc1ccc(C)cc1-c1nc2ccccc2n(CC(=O)Nc2ccc(C)cc2C)c1=O.